The highest BCUT2D eigenvalue weighted by Crippen LogP contribution is 2.45. The van der Waals surface area contributed by atoms with Crippen molar-refractivity contribution in [3.63, 3.8) is 0 Å². The van der Waals surface area contributed by atoms with Crippen molar-refractivity contribution in [3.05, 3.63) is 66.1 Å². The van der Waals surface area contributed by atoms with Crippen molar-refractivity contribution in [1.29, 1.82) is 5.26 Å². The number of nitrogens with one attached hydrogen (secondary N) is 2. The quantitative estimate of drug-likeness (QED) is 0.228. The standard InChI is InChI=1S/C39H40N12O3S/c1-41-30-17-31(32-5-3-27-16-24(18-40)19-44-51(27)32)42-21-29(30)36-46-47-38(55-36)50-22-39(23-50)10-14-49(15-11-39)37(54)25-8-12-48(13-9-25)33-6-2-26(20-43-33)28-4-7-34(52)45-35(28)53/h2-3,5-6,16-17,19-21,25,28H,4,7-15,22-23H2,1H3,(H,41,42)(H,45,52,53). The van der Waals surface area contributed by atoms with E-state index in [1.54, 1.807) is 34.3 Å². The molecule has 2 N–H and O–H groups in total. The number of nitrogens with zero attached hydrogens (tertiary/aromatic N) is 10. The molecule has 4 saturated heterocycles. The molecule has 9 heterocycles. The summed E-state index contributed by atoms with van der Waals surface area (Å²) in [4.78, 5) is 53.4. The maximum absolute atomic E-state index is 13.6. The molecule has 1 atom stereocenters. The Labute approximate surface area is 321 Å². The van der Waals surface area contributed by atoms with Crippen LogP contribution in [0.3, 0.4) is 0 Å². The molecule has 9 rings (SSSR count). The summed E-state index contributed by atoms with van der Waals surface area (Å²) < 4.78 is 1.78. The van der Waals surface area contributed by atoms with Crippen LogP contribution in [0.1, 0.15) is 55.6 Å². The summed E-state index contributed by atoms with van der Waals surface area (Å²) in [5.41, 5.74) is 5.70. The largest absolute Gasteiger partial charge is 0.387 e. The second kappa shape index (κ2) is 14.0. The third-order valence-corrected chi connectivity index (χ3v) is 12.8. The number of carbonyl (C=O) groups is 3. The minimum atomic E-state index is -0.343. The van der Waals surface area contributed by atoms with E-state index >= 15 is 0 Å². The lowest BCUT2D eigenvalue weighted by Gasteiger charge is -2.54. The van der Waals surface area contributed by atoms with Crippen LogP contribution in [0, 0.1) is 22.7 Å². The highest BCUT2D eigenvalue weighted by molar-refractivity contribution is 7.18. The van der Waals surface area contributed by atoms with E-state index in [9.17, 15) is 19.6 Å². The number of aromatic nitrogens is 6. The summed E-state index contributed by atoms with van der Waals surface area (Å²) in [5.74, 6) is 0.332. The van der Waals surface area contributed by atoms with Crippen LogP contribution in [0.5, 0.6) is 0 Å². The molecule has 0 radical (unpaired) electrons. The number of likely N-dealkylation sites (tertiary alicyclic amines) is 1. The Morgan fingerprint density at radius 3 is 2.51 bits per heavy atom. The van der Waals surface area contributed by atoms with Crippen LogP contribution in [0.25, 0.3) is 27.5 Å². The normalized spacial score (nSPS) is 20.0. The minimum Gasteiger partial charge on any atom is -0.387 e. The predicted molar refractivity (Wildman–Crippen MR) is 206 cm³/mol. The van der Waals surface area contributed by atoms with E-state index < -0.39 is 0 Å². The Morgan fingerprint density at radius 1 is 0.964 bits per heavy atom. The fraction of sp³-hybridized carbons (Fsp3) is 0.410. The second-order valence-corrected chi connectivity index (χ2v) is 16.0. The van der Waals surface area contributed by atoms with Crippen LogP contribution in [0.2, 0.25) is 0 Å². The lowest BCUT2D eigenvalue weighted by atomic mass is 9.72. The first-order valence-electron chi connectivity index (χ1n) is 18.8. The Morgan fingerprint density at radius 2 is 1.78 bits per heavy atom. The van der Waals surface area contributed by atoms with Crippen molar-refractivity contribution >= 4 is 51.2 Å². The molecule has 5 aromatic heterocycles. The van der Waals surface area contributed by atoms with E-state index in [0.717, 1.165) is 115 Å². The molecular weight excluding hydrogens is 717 g/mol. The monoisotopic (exact) mass is 756 g/mol. The smallest absolute Gasteiger partial charge is 0.234 e. The minimum absolute atomic E-state index is 0.0221. The summed E-state index contributed by atoms with van der Waals surface area (Å²) in [6, 6.07) is 13.7. The first-order valence-corrected chi connectivity index (χ1v) is 19.6. The summed E-state index contributed by atoms with van der Waals surface area (Å²) >= 11 is 1.56. The number of pyridine rings is 2. The van der Waals surface area contributed by atoms with Crippen LogP contribution >= 0.6 is 11.3 Å². The van der Waals surface area contributed by atoms with Gasteiger partial charge in [-0.05, 0) is 68.0 Å². The van der Waals surface area contributed by atoms with Crippen molar-refractivity contribution in [1.82, 2.24) is 40.0 Å². The molecule has 280 valence electrons. The third-order valence-electron chi connectivity index (χ3n) is 11.7. The molecule has 0 saturated carbocycles. The van der Waals surface area contributed by atoms with Gasteiger partial charge >= 0.3 is 0 Å². The molecular formula is C39H40N12O3S. The van der Waals surface area contributed by atoms with Gasteiger partial charge in [-0.1, -0.05) is 17.4 Å². The molecule has 4 fully saturated rings. The Hall–Kier alpha value is -5.95. The zero-order valence-corrected chi connectivity index (χ0v) is 31.3. The fourth-order valence-electron chi connectivity index (χ4n) is 8.51. The lowest BCUT2D eigenvalue weighted by molar-refractivity contribution is -0.139. The van der Waals surface area contributed by atoms with Gasteiger partial charge in [0.2, 0.25) is 22.9 Å². The molecule has 3 amide bonds. The summed E-state index contributed by atoms with van der Waals surface area (Å²) in [6.45, 7) is 4.92. The molecule has 1 spiro atoms. The highest BCUT2D eigenvalue weighted by atomic mass is 32.1. The Bertz CT molecular complexity index is 2330. The molecule has 0 bridgehead atoms. The van der Waals surface area contributed by atoms with Crippen LogP contribution in [-0.2, 0) is 14.4 Å². The molecule has 4 aliphatic heterocycles. The number of hydrogen-bond acceptors (Lipinski definition) is 13. The number of piperidine rings is 3. The Kier molecular flexibility index (Phi) is 8.88. The number of rotatable bonds is 7. The SMILES string of the molecule is CNc1cc(-c2ccc3cc(C#N)cnn23)ncc1-c1nnc(N2CC3(CCN(C(=O)C4CCN(c5ccc(C6CCC(=O)NC6=O)cn5)CC4)CC3)C2)s1. The number of fused-ring (bicyclic) bond motifs is 1. The second-order valence-electron chi connectivity index (χ2n) is 15.1. The van der Waals surface area contributed by atoms with Crippen molar-refractivity contribution in [2.75, 3.05) is 61.4 Å². The number of imide groups is 1. The van der Waals surface area contributed by atoms with E-state index in [1.807, 2.05) is 43.6 Å². The van der Waals surface area contributed by atoms with E-state index in [-0.39, 0.29) is 35.0 Å². The first-order chi connectivity index (χ1) is 26.8. The third kappa shape index (κ3) is 6.52. The summed E-state index contributed by atoms with van der Waals surface area (Å²) in [6.07, 6.45) is 9.53. The Balaban J connectivity index is 0.765. The van der Waals surface area contributed by atoms with Crippen molar-refractivity contribution in [3.8, 4) is 28.0 Å². The van der Waals surface area contributed by atoms with Gasteiger partial charge in [0.05, 0.1) is 40.1 Å². The van der Waals surface area contributed by atoms with Crippen molar-refractivity contribution in [2.45, 2.75) is 44.4 Å². The zero-order valence-electron chi connectivity index (χ0n) is 30.4. The van der Waals surface area contributed by atoms with Crippen LogP contribution in [0.4, 0.5) is 16.6 Å². The van der Waals surface area contributed by atoms with Gasteiger partial charge in [-0.3, -0.25) is 24.7 Å². The molecule has 4 aliphatic rings. The van der Waals surface area contributed by atoms with Gasteiger partial charge in [0, 0.05) is 82.2 Å². The molecule has 5 aromatic rings. The van der Waals surface area contributed by atoms with Crippen molar-refractivity contribution < 1.29 is 14.4 Å². The van der Waals surface area contributed by atoms with Gasteiger partial charge < -0.3 is 20.0 Å². The predicted octanol–water partition coefficient (Wildman–Crippen LogP) is 4.09. The number of carbonyl (C=O) groups excluding carboxylic acids is 3. The van der Waals surface area contributed by atoms with E-state index in [1.165, 1.54) is 0 Å². The topological polar surface area (TPSA) is 178 Å². The fourth-order valence-corrected chi connectivity index (χ4v) is 9.38. The molecule has 16 heteroatoms. The summed E-state index contributed by atoms with van der Waals surface area (Å²) in [5, 5.41) is 30.2. The van der Waals surface area contributed by atoms with Gasteiger partial charge in [0.1, 0.15) is 11.9 Å². The van der Waals surface area contributed by atoms with Gasteiger partial charge in [-0.2, -0.15) is 10.4 Å². The molecule has 15 nitrogen and oxygen atoms in total. The average molecular weight is 757 g/mol. The maximum Gasteiger partial charge on any atom is 0.234 e. The highest BCUT2D eigenvalue weighted by Gasteiger charge is 2.47. The van der Waals surface area contributed by atoms with E-state index in [2.05, 4.69) is 51.7 Å². The number of nitriles is 1. The zero-order chi connectivity index (χ0) is 37.7. The van der Waals surface area contributed by atoms with Gasteiger partial charge in [0.15, 0.2) is 5.01 Å². The maximum atomic E-state index is 13.6. The van der Waals surface area contributed by atoms with Crippen LogP contribution in [0.15, 0.2) is 55.0 Å². The van der Waals surface area contributed by atoms with Crippen LogP contribution in [-0.4, -0.2) is 98.7 Å². The van der Waals surface area contributed by atoms with Crippen LogP contribution < -0.4 is 20.4 Å². The number of hydrogen-bond donors (Lipinski definition) is 2. The lowest BCUT2D eigenvalue weighted by Crippen LogP contribution is -2.61. The average Bonchev–Trinajstić information content (AvgIpc) is 3.87. The van der Waals surface area contributed by atoms with Gasteiger partial charge in [0.25, 0.3) is 0 Å². The molecule has 1 unspecified atom stereocenters. The number of amides is 3. The molecule has 0 aromatic carbocycles. The van der Waals surface area contributed by atoms with E-state index in [4.69, 9.17) is 4.98 Å². The summed E-state index contributed by atoms with van der Waals surface area (Å²) in [7, 11) is 1.88. The van der Waals surface area contributed by atoms with Gasteiger partial charge in [-0.25, -0.2) is 9.50 Å². The molecule has 55 heavy (non-hydrogen) atoms. The van der Waals surface area contributed by atoms with Crippen molar-refractivity contribution in [2.24, 2.45) is 11.3 Å². The van der Waals surface area contributed by atoms with Gasteiger partial charge in [-0.15, -0.1) is 10.2 Å². The number of anilines is 3. The first kappa shape index (κ1) is 34.8. The van der Waals surface area contributed by atoms with E-state index in [0.29, 0.717) is 18.4 Å². The molecule has 0 aliphatic carbocycles.